The number of halogens is 1. The van der Waals surface area contributed by atoms with Crippen LogP contribution in [0.2, 0.25) is 5.02 Å². The average Bonchev–Trinajstić information content (AvgIpc) is 2.49. The van der Waals surface area contributed by atoms with Gasteiger partial charge >= 0.3 is 0 Å². The number of thiocarbonyl (C=S) groups is 1. The third-order valence-corrected chi connectivity index (χ3v) is 3.20. The molecule has 0 aliphatic heterocycles. The van der Waals surface area contributed by atoms with Crippen LogP contribution in [0.1, 0.15) is 12.5 Å². The van der Waals surface area contributed by atoms with Gasteiger partial charge < -0.3 is 15.7 Å². The molecule has 118 valence electrons. The van der Waals surface area contributed by atoms with Crippen LogP contribution in [-0.2, 0) is 4.79 Å². The largest absolute Gasteiger partial charge is 0.507 e. The van der Waals surface area contributed by atoms with Crippen molar-refractivity contribution in [2.75, 3.05) is 5.32 Å². The highest BCUT2D eigenvalue weighted by atomic mass is 35.5. The second-order valence-corrected chi connectivity index (χ2v) is 5.49. The summed E-state index contributed by atoms with van der Waals surface area (Å²) < 4.78 is 0. The highest BCUT2D eigenvalue weighted by molar-refractivity contribution is 7.80. The average molecular weight is 348 g/mol. The topological polar surface area (TPSA) is 73.7 Å². The van der Waals surface area contributed by atoms with E-state index in [1.54, 1.807) is 36.4 Å². The number of nitrogens with zero attached hydrogens (tertiary/aromatic N) is 1. The van der Waals surface area contributed by atoms with Crippen molar-refractivity contribution in [1.29, 1.82) is 0 Å². The van der Waals surface area contributed by atoms with Crippen LogP contribution in [-0.4, -0.2) is 22.3 Å². The van der Waals surface area contributed by atoms with Gasteiger partial charge in [0.25, 0.3) is 0 Å². The van der Waals surface area contributed by atoms with E-state index in [1.807, 2.05) is 0 Å². The van der Waals surface area contributed by atoms with Crippen molar-refractivity contribution in [1.82, 2.24) is 5.32 Å². The summed E-state index contributed by atoms with van der Waals surface area (Å²) in [4.78, 5) is 15.2. The molecule has 1 amide bonds. The molecule has 23 heavy (non-hydrogen) atoms. The summed E-state index contributed by atoms with van der Waals surface area (Å²) >= 11 is 10.9. The van der Waals surface area contributed by atoms with Gasteiger partial charge in [-0.1, -0.05) is 11.6 Å². The molecule has 0 unspecified atom stereocenters. The third kappa shape index (κ3) is 5.36. The van der Waals surface area contributed by atoms with Crippen molar-refractivity contribution in [2.24, 2.45) is 4.99 Å². The van der Waals surface area contributed by atoms with E-state index in [1.165, 1.54) is 19.2 Å². The summed E-state index contributed by atoms with van der Waals surface area (Å²) in [7, 11) is 0. The van der Waals surface area contributed by atoms with Crippen molar-refractivity contribution in [3.8, 4) is 5.75 Å². The minimum absolute atomic E-state index is 0.108. The molecule has 0 fully saturated rings. The molecule has 0 spiro atoms. The molecule has 3 N–H and O–H groups in total. The first-order valence-electron chi connectivity index (χ1n) is 6.65. The second-order valence-electron chi connectivity index (χ2n) is 4.64. The van der Waals surface area contributed by atoms with E-state index in [9.17, 15) is 9.90 Å². The molecule has 0 saturated heterocycles. The predicted octanol–water partition coefficient (Wildman–Crippen LogP) is 3.63. The summed E-state index contributed by atoms with van der Waals surface area (Å²) in [5.41, 5.74) is 1.96. The van der Waals surface area contributed by atoms with E-state index in [2.05, 4.69) is 15.6 Å². The van der Waals surface area contributed by atoms with Gasteiger partial charge in [-0.25, -0.2) is 0 Å². The van der Waals surface area contributed by atoms with E-state index in [-0.39, 0.29) is 16.8 Å². The first kappa shape index (κ1) is 16.9. The summed E-state index contributed by atoms with van der Waals surface area (Å²) in [5.74, 6) is -0.123. The van der Waals surface area contributed by atoms with E-state index >= 15 is 0 Å². The molecular weight excluding hydrogens is 334 g/mol. The van der Waals surface area contributed by atoms with Crippen LogP contribution in [0, 0.1) is 0 Å². The van der Waals surface area contributed by atoms with Crippen molar-refractivity contribution in [2.45, 2.75) is 6.92 Å². The van der Waals surface area contributed by atoms with Crippen molar-refractivity contribution in [3.63, 3.8) is 0 Å². The Balaban J connectivity index is 2.05. The quantitative estimate of drug-likeness (QED) is 0.585. The maximum absolute atomic E-state index is 10.9. The lowest BCUT2D eigenvalue weighted by Gasteiger charge is -2.07. The molecule has 0 atom stereocenters. The van der Waals surface area contributed by atoms with E-state index in [0.717, 1.165) is 5.69 Å². The Labute approximate surface area is 144 Å². The smallest absolute Gasteiger partial charge is 0.222 e. The number of nitrogens with one attached hydrogen (secondary N) is 2. The Morgan fingerprint density at radius 2 is 1.96 bits per heavy atom. The summed E-state index contributed by atoms with van der Waals surface area (Å²) in [6.45, 7) is 1.39. The number of phenols is 1. The SMILES string of the molecule is CC(=O)NC(=S)Nc1ccc(N=Cc2cc(Cl)ccc2O)cc1. The van der Waals surface area contributed by atoms with Gasteiger partial charge in [-0.15, -0.1) is 0 Å². The number of hydrogen-bond acceptors (Lipinski definition) is 4. The van der Waals surface area contributed by atoms with E-state index in [0.29, 0.717) is 16.3 Å². The fourth-order valence-electron chi connectivity index (χ4n) is 1.73. The molecule has 2 rings (SSSR count). The zero-order valence-corrected chi connectivity index (χ0v) is 13.8. The minimum Gasteiger partial charge on any atom is -0.507 e. The third-order valence-electron chi connectivity index (χ3n) is 2.76. The normalized spacial score (nSPS) is 10.5. The van der Waals surface area contributed by atoms with Gasteiger partial charge in [0.05, 0.1) is 5.69 Å². The molecule has 0 aromatic heterocycles. The first-order chi connectivity index (χ1) is 10.9. The van der Waals surface area contributed by atoms with Gasteiger partial charge in [-0.2, -0.15) is 0 Å². The number of carbonyl (C=O) groups is 1. The Kier molecular flexibility index (Phi) is 5.67. The zero-order valence-electron chi connectivity index (χ0n) is 12.2. The first-order valence-corrected chi connectivity index (χ1v) is 7.44. The molecule has 0 bridgehead atoms. The fourth-order valence-corrected chi connectivity index (χ4v) is 2.17. The summed E-state index contributed by atoms with van der Waals surface area (Å²) in [5, 5.41) is 15.8. The van der Waals surface area contributed by atoms with Crippen LogP contribution < -0.4 is 10.6 Å². The molecule has 0 radical (unpaired) electrons. The Morgan fingerprint density at radius 1 is 1.26 bits per heavy atom. The second kappa shape index (κ2) is 7.71. The zero-order chi connectivity index (χ0) is 16.8. The fraction of sp³-hybridized carbons (Fsp3) is 0.0625. The summed E-state index contributed by atoms with van der Waals surface area (Å²) in [6, 6.07) is 11.8. The van der Waals surface area contributed by atoms with E-state index in [4.69, 9.17) is 23.8 Å². The van der Waals surface area contributed by atoms with Crippen LogP contribution >= 0.6 is 23.8 Å². The molecule has 0 saturated carbocycles. The van der Waals surface area contributed by atoms with Gasteiger partial charge in [0.1, 0.15) is 5.75 Å². The molecular formula is C16H14ClN3O2S. The number of phenolic OH excluding ortho intramolecular Hbond substituents is 1. The number of hydrogen-bond donors (Lipinski definition) is 3. The monoisotopic (exact) mass is 347 g/mol. The number of aromatic hydroxyl groups is 1. The number of anilines is 1. The van der Waals surface area contributed by atoms with Gasteiger partial charge in [0, 0.05) is 29.4 Å². The maximum atomic E-state index is 10.9. The van der Waals surface area contributed by atoms with Gasteiger partial charge in [-0.3, -0.25) is 9.79 Å². The lowest BCUT2D eigenvalue weighted by Crippen LogP contribution is -2.32. The molecule has 7 heteroatoms. The predicted molar refractivity (Wildman–Crippen MR) is 96.9 cm³/mol. The van der Waals surface area contributed by atoms with Crippen LogP contribution in [0.3, 0.4) is 0 Å². The minimum atomic E-state index is -0.231. The number of aliphatic imine (C=N–C) groups is 1. The molecule has 2 aromatic carbocycles. The lowest BCUT2D eigenvalue weighted by molar-refractivity contribution is -0.117. The molecule has 0 aliphatic carbocycles. The maximum Gasteiger partial charge on any atom is 0.222 e. The van der Waals surface area contributed by atoms with Crippen LogP contribution in [0.15, 0.2) is 47.5 Å². The van der Waals surface area contributed by atoms with Crippen molar-refractivity contribution < 1.29 is 9.90 Å². The lowest BCUT2D eigenvalue weighted by atomic mass is 10.2. The molecule has 0 aliphatic rings. The van der Waals surface area contributed by atoms with Gasteiger partial charge in [0.15, 0.2) is 5.11 Å². The standard InChI is InChI=1S/C16H14ClN3O2S/c1-10(21)19-16(23)20-14-5-3-13(4-6-14)18-9-11-8-12(17)2-7-15(11)22/h2-9,22H,1H3,(H2,19,20,21,23). The molecule has 0 heterocycles. The highest BCUT2D eigenvalue weighted by Crippen LogP contribution is 2.21. The summed E-state index contributed by atoms with van der Waals surface area (Å²) in [6.07, 6.45) is 1.53. The number of benzene rings is 2. The van der Waals surface area contributed by atoms with Crippen LogP contribution in [0.5, 0.6) is 5.75 Å². The number of rotatable bonds is 3. The number of amides is 1. The van der Waals surface area contributed by atoms with Crippen molar-refractivity contribution in [3.05, 3.63) is 53.1 Å². The van der Waals surface area contributed by atoms with Crippen molar-refractivity contribution >= 4 is 52.4 Å². The molecule has 2 aromatic rings. The highest BCUT2D eigenvalue weighted by Gasteiger charge is 2.01. The molecule has 5 nitrogen and oxygen atoms in total. The Bertz CT molecular complexity index is 760. The van der Waals surface area contributed by atoms with Crippen LogP contribution in [0.25, 0.3) is 0 Å². The van der Waals surface area contributed by atoms with Gasteiger partial charge in [-0.05, 0) is 54.7 Å². The number of carbonyl (C=O) groups excluding carboxylic acids is 1. The van der Waals surface area contributed by atoms with E-state index < -0.39 is 0 Å². The van der Waals surface area contributed by atoms with Gasteiger partial charge in [0.2, 0.25) is 5.91 Å². The van der Waals surface area contributed by atoms with Crippen LogP contribution in [0.4, 0.5) is 11.4 Å². The Hall–Kier alpha value is -2.44. The Morgan fingerprint density at radius 3 is 2.61 bits per heavy atom.